The molecule has 3 N–H and O–H groups in total. The highest BCUT2D eigenvalue weighted by molar-refractivity contribution is 6.01. The van der Waals surface area contributed by atoms with Gasteiger partial charge in [-0.15, -0.1) is 0 Å². The number of aromatic nitrogens is 6. The van der Waals surface area contributed by atoms with Crippen LogP contribution in [0.15, 0.2) is 110 Å². The first-order valence-electron chi connectivity index (χ1n) is 12.9. The summed E-state index contributed by atoms with van der Waals surface area (Å²) in [7, 11) is 0. The average molecular weight is 508 g/mol. The number of H-pyrrole nitrogens is 2. The molecule has 0 saturated carbocycles. The number of hydrogen-bond donors (Lipinski definition) is 3. The molecule has 0 radical (unpaired) electrons. The number of nitrogens with zero attached hydrogens (tertiary/aromatic N) is 4. The van der Waals surface area contributed by atoms with Gasteiger partial charge in [0.05, 0.1) is 28.8 Å². The molecule has 7 heteroatoms. The first-order valence-corrected chi connectivity index (χ1v) is 12.9. The van der Waals surface area contributed by atoms with Crippen LogP contribution in [0.5, 0.6) is 0 Å². The smallest absolute Gasteiger partial charge is 0.116 e. The van der Waals surface area contributed by atoms with E-state index >= 15 is 0 Å². The van der Waals surface area contributed by atoms with E-state index in [1.165, 1.54) is 5.56 Å². The maximum atomic E-state index is 4.70. The highest BCUT2D eigenvalue weighted by Crippen LogP contribution is 2.34. The Morgan fingerprint density at radius 2 is 1.56 bits per heavy atom. The van der Waals surface area contributed by atoms with Gasteiger partial charge in [-0.2, -0.15) is 5.10 Å². The van der Waals surface area contributed by atoms with Crippen LogP contribution in [0.4, 0.5) is 0 Å². The number of rotatable bonds is 7. The summed E-state index contributed by atoms with van der Waals surface area (Å²) >= 11 is 0. The summed E-state index contributed by atoms with van der Waals surface area (Å²) in [5.41, 5.74) is 9.92. The van der Waals surface area contributed by atoms with Gasteiger partial charge in [-0.3, -0.25) is 20.1 Å². The lowest BCUT2D eigenvalue weighted by molar-refractivity contribution is 0.691. The second-order valence-electron chi connectivity index (χ2n) is 9.52. The first kappa shape index (κ1) is 23.0. The van der Waals surface area contributed by atoms with Crippen LogP contribution in [0.2, 0.25) is 0 Å². The molecule has 7 aromatic rings. The van der Waals surface area contributed by atoms with Gasteiger partial charge in [0.15, 0.2) is 0 Å². The highest BCUT2D eigenvalue weighted by atomic mass is 15.1. The summed E-state index contributed by atoms with van der Waals surface area (Å²) in [4.78, 5) is 17.3. The summed E-state index contributed by atoms with van der Waals surface area (Å²) in [6, 6.07) is 28.9. The topological polar surface area (TPSA) is 95.2 Å². The van der Waals surface area contributed by atoms with Crippen LogP contribution in [0.3, 0.4) is 0 Å². The van der Waals surface area contributed by atoms with E-state index in [1.54, 1.807) is 0 Å². The Hall–Kier alpha value is -5.14. The zero-order valence-corrected chi connectivity index (χ0v) is 21.1. The van der Waals surface area contributed by atoms with Gasteiger partial charge in [0.1, 0.15) is 5.69 Å². The summed E-state index contributed by atoms with van der Waals surface area (Å²) in [5, 5.41) is 13.4. The third-order valence-corrected chi connectivity index (χ3v) is 6.90. The molecule has 0 aliphatic rings. The fraction of sp³-hybridized carbons (Fsp3) is 0.0625. The molecular weight excluding hydrogens is 482 g/mol. The quantitative estimate of drug-likeness (QED) is 0.228. The van der Waals surface area contributed by atoms with Crippen LogP contribution in [0.1, 0.15) is 11.1 Å². The van der Waals surface area contributed by atoms with Crippen molar-refractivity contribution in [2.75, 3.05) is 0 Å². The molecule has 0 bridgehead atoms. The van der Waals surface area contributed by atoms with Gasteiger partial charge in [-0.1, -0.05) is 48.5 Å². The van der Waals surface area contributed by atoms with Crippen molar-refractivity contribution in [3.8, 4) is 33.9 Å². The van der Waals surface area contributed by atoms with Gasteiger partial charge < -0.3 is 10.3 Å². The molecule has 0 aliphatic carbocycles. The van der Waals surface area contributed by atoms with Crippen molar-refractivity contribution in [1.82, 2.24) is 35.5 Å². The molecule has 0 aliphatic heterocycles. The van der Waals surface area contributed by atoms with E-state index < -0.39 is 0 Å². The maximum Gasteiger partial charge on any atom is 0.116 e. The summed E-state index contributed by atoms with van der Waals surface area (Å²) in [5.74, 6) is 0. The SMILES string of the molecule is c1ccc(CNCc2cncc(-c3cc4c(-c5cc6c(-c7ccccn7)cccc6[nH]5)n[nH]c4cn3)c2)cc1. The van der Waals surface area contributed by atoms with Crippen LogP contribution in [0.25, 0.3) is 55.7 Å². The third-order valence-electron chi connectivity index (χ3n) is 6.90. The lowest BCUT2D eigenvalue weighted by Gasteiger charge is -2.07. The van der Waals surface area contributed by atoms with Crippen LogP contribution >= 0.6 is 0 Å². The highest BCUT2D eigenvalue weighted by Gasteiger charge is 2.15. The summed E-state index contributed by atoms with van der Waals surface area (Å²) < 4.78 is 0. The standard InChI is InChI=1S/C32H25N7/c1-2-7-21(8-3-1)16-33-17-22-13-23(19-34-18-22)29-15-26-31(20-36-29)38-39-32(26)30-14-25-24(9-6-11-28(25)37-30)27-10-4-5-12-35-27/h1-15,18-20,33,37H,16-17H2,(H,38,39). The molecule has 0 spiro atoms. The Balaban J connectivity index is 1.20. The Morgan fingerprint density at radius 3 is 2.46 bits per heavy atom. The van der Waals surface area contributed by atoms with E-state index in [9.17, 15) is 0 Å². The number of pyridine rings is 3. The third kappa shape index (κ3) is 4.56. The van der Waals surface area contributed by atoms with Crippen molar-refractivity contribution in [1.29, 1.82) is 0 Å². The number of aromatic amines is 2. The van der Waals surface area contributed by atoms with Crippen LogP contribution < -0.4 is 5.32 Å². The molecular formula is C32H25N7. The molecule has 0 unspecified atom stereocenters. The predicted molar refractivity (Wildman–Crippen MR) is 155 cm³/mol. The van der Waals surface area contributed by atoms with Crippen LogP contribution in [-0.4, -0.2) is 30.1 Å². The minimum atomic E-state index is 0.725. The van der Waals surface area contributed by atoms with Crippen molar-refractivity contribution in [2.24, 2.45) is 0 Å². The number of hydrogen-bond acceptors (Lipinski definition) is 5. The van der Waals surface area contributed by atoms with Crippen LogP contribution in [0, 0.1) is 0 Å². The zero-order valence-electron chi connectivity index (χ0n) is 21.1. The second-order valence-corrected chi connectivity index (χ2v) is 9.52. The normalized spacial score (nSPS) is 11.4. The van der Waals surface area contributed by atoms with E-state index in [0.717, 1.165) is 74.4 Å². The van der Waals surface area contributed by atoms with E-state index in [2.05, 4.69) is 85.1 Å². The molecule has 5 heterocycles. The lowest BCUT2D eigenvalue weighted by atomic mass is 10.1. The molecule has 7 nitrogen and oxygen atoms in total. The Labute approximate surface area is 225 Å². The largest absolute Gasteiger partial charge is 0.353 e. The first-order chi connectivity index (χ1) is 19.3. The number of benzene rings is 2. The molecule has 0 amide bonds. The van der Waals surface area contributed by atoms with Crippen molar-refractivity contribution < 1.29 is 0 Å². The minimum Gasteiger partial charge on any atom is -0.353 e. The van der Waals surface area contributed by atoms with Gasteiger partial charge >= 0.3 is 0 Å². The van der Waals surface area contributed by atoms with Crippen molar-refractivity contribution in [2.45, 2.75) is 13.1 Å². The van der Waals surface area contributed by atoms with E-state index in [1.807, 2.05) is 55.1 Å². The molecule has 188 valence electrons. The molecule has 7 rings (SSSR count). The molecule has 0 saturated heterocycles. The van der Waals surface area contributed by atoms with Crippen molar-refractivity contribution in [3.63, 3.8) is 0 Å². The molecule has 5 aromatic heterocycles. The fourth-order valence-corrected chi connectivity index (χ4v) is 4.98. The van der Waals surface area contributed by atoms with Gasteiger partial charge in [0.25, 0.3) is 0 Å². The molecule has 0 atom stereocenters. The summed E-state index contributed by atoms with van der Waals surface area (Å²) in [6.07, 6.45) is 7.41. The predicted octanol–water partition coefficient (Wildman–Crippen LogP) is 6.52. The zero-order chi connectivity index (χ0) is 26.0. The average Bonchev–Trinajstić information content (AvgIpc) is 3.62. The van der Waals surface area contributed by atoms with Gasteiger partial charge in [-0.05, 0) is 47.5 Å². The van der Waals surface area contributed by atoms with E-state index in [4.69, 9.17) is 4.98 Å². The maximum absolute atomic E-state index is 4.70. The van der Waals surface area contributed by atoms with E-state index in [-0.39, 0.29) is 0 Å². The van der Waals surface area contributed by atoms with E-state index in [0.29, 0.717) is 0 Å². The van der Waals surface area contributed by atoms with Crippen molar-refractivity contribution in [3.05, 3.63) is 121 Å². The van der Waals surface area contributed by atoms with Crippen molar-refractivity contribution >= 4 is 21.8 Å². The number of nitrogens with one attached hydrogen (secondary N) is 3. The number of fused-ring (bicyclic) bond motifs is 2. The summed E-state index contributed by atoms with van der Waals surface area (Å²) in [6.45, 7) is 1.53. The van der Waals surface area contributed by atoms with Gasteiger partial charge in [0.2, 0.25) is 0 Å². The van der Waals surface area contributed by atoms with Crippen LogP contribution in [-0.2, 0) is 13.1 Å². The monoisotopic (exact) mass is 507 g/mol. The molecule has 2 aromatic carbocycles. The molecule has 39 heavy (non-hydrogen) atoms. The Morgan fingerprint density at radius 1 is 0.667 bits per heavy atom. The molecule has 0 fully saturated rings. The lowest BCUT2D eigenvalue weighted by Crippen LogP contribution is -2.12. The van der Waals surface area contributed by atoms with Gasteiger partial charge in [-0.25, -0.2) is 0 Å². The Kier molecular flexibility index (Phi) is 5.88. The Bertz CT molecular complexity index is 1890. The minimum absolute atomic E-state index is 0.725. The van der Waals surface area contributed by atoms with Gasteiger partial charge in [0, 0.05) is 59.1 Å². The fourth-order valence-electron chi connectivity index (χ4n) is 4.98. The second kappa shape index (κ2) is 9.96.